The van der Waals surface area contributed by atoms with Gasteiger partial charge in [-0.15, -0.1) is 0 Å². The molecule has 1 N–H and O–H groups in total. The van der Waals surface area contributed by atoms with Gasteiger partial charge in [-0.1, -0.05) is 45.8 Å². The number of rotatable bonds is 2. The van der Waals surface area contributed by atoms with Crippen LogP contribution in [-0.2, 0) is 19.2 Å². The van der Waals surface area contributed by atoms with Crippen molar-refractivity contribution in [2.75, 3.05) is 4.90 Å². The van der Waals surface area contributed by atoms with Crippen LogP contribution >= 0.6 is 15.9 Å². The van der Waals surface area contributed by atoms with Gasteiger partial charge < -0.3 is 5.11 Å². The average molecular weight is 544 g/mol. The van der Waals surface area contributed by atoms with Crippen molar-refractivity contribution in [3.63, 3.8) is 0 Å². The van der Waals surface area contributed by atoms with Crippen LogP contribution < -0.4 is 4.90 Å². The maximum atomic E-state index is 13.8. The Bertz CT molecular complexity index is 1470. The summed E-state index contributed by atoms with van der Waals surface area (Å²) in [4.78, 5) is 55.0. The molecule has 6 rings (SSSR count). The number of hydrogen-bond acceptors (Lipinski definition) is 5. The van der Waals surface area contributed by atoms with Gasteiger partial charge in [-0.05, 0) is 62.1 Å². The molecule has 4 aliphatic rings. The molecule has 4 atom stereocenters. The van der Waals surface area contributed by atoms with Crippen LogP contribution in [0.15, 0.2) is 87.4 Å². The molecule has 1 fully saturated rings. The number of benzene rings is 2. The number of phenols is 1. The number of anilines is 1. The van der Waals surface area contributed by atoms with Crippen molar-refractivity contribution in [2.24, 2.45) is 17.8 Å². The molecule has 0 radical (unpaired) electrons. The van der Waals surface area contributed by atoms with Crippen LogP contribution in [0.5, 0.6) is 5.75 Å². The standard InChI is InChI=1S/C29H22BrNO5/c1-14-11-23(33)21-13-19-17(24(26(21)27(14)34)20-12-15(30)7-10-22(20)32)8-9-18-25(19)29(36)31(28(18)35)16-5-3-2-4-6-16/h2-8,10-12,18-19,24-25,32H,9,13H2,1H3. The van der Waals surface area contributed by atoms with Crippen molar-refractivity contribution in [1.82, 2.24) is 0 Å². The summed E-state index contributed by atoms with van der Waals surface area (Å²) in [6.07, 6.45) is 3.87. The topological polar surface area (TPSA) is 91.8 Å². The molecular formula is C29H22BrNO5. The summed E-state index contributed by atoms with van der Waals surface area (Å²) >= 11 is 3.46. The molecule has 2 aromatic carbocycles. The van der Waals surface area contributed by atoms with E-state index in [4.69, 9.17) is 0 Å². The van der Waals surface area contributed by atoms with E-state index in [9.17, 15) is 24.3 Å². The first-order chi connectivity index (χ1) is 17.3. The highest BCUT2D eigenvalue weighted by molar-refractivity contribution is 9.10. The lowest BCUT2D eigenvalue weighted by Gasteiger charge is -2.42. The fourth-order valence-corrected chi connectivity index (χ4v) is 6.68. The number of aromatic hydroxyl groups is 1. The van der Waals surface area contributed by atoms with Gasteiger partial charge in [-0.2, -0.15) is 0 Å². The molecule has 7 heteroatoms. The van der Waals surface area contributed by atoms with Gasteiger partial charge in [0.05, 0.1) is 17.5 Å². The SMILES string of the molecule is CC1=CC(=O)C2=C(C1=O)C(c1cc(Br)ccc1O)C1=CCC3C(=O)N(c4ccccc4)C(=O)C3C1C2. The first-order valence-corrected chi connectivity index (χ1v) is 12.7. The average Bonchev–Trinajstić information content (AvgIpc) is 3.13. The molecule has 3 aliphatic carbocycles. The molecule has 36 heavy (non-hydrogen) atoms. The summed E-state index contributed by atoms with van der Waals surface area (Å²) < 4.78 is 0.720. The molecule has 2 aromatic rings. The minimum absolute atomic E-state index is 0.00548. The van der Waals surface area contributed by atoms with Crippen LogP contribution in [0.2, 0.25) is 0 Å². The van der Waals surface area contributed by atoms with Gasteiger partial charge in [0.2, 0.25) is 11.8 Å². The van der Waals surface area contributed by atoms with Crippen LogP contribution in [0.4, 0.5) is 5.69 Å². The smallest absolute Gasteiger partial charge is 0.238 e. The second-order valence-corrected chi connectivity index (χ2v) is 10.7. The molecule has 1 heterocycles. The molecule has 0 bridgehead atoms. The quantitative estimate of drug-likeness (QED) is 0.334. The van der Waals surface area contributed by atoms with E-state index >= 15 is 0 Å². The lowest BCUT2D eigenvalue weighted by molar-refractivity contribution is -0.123. The second-order valence-electron chi connectivity index (χ2n) is 9.78. The summed E-state index contributed by atoms with van der Waals surface area (Å²) in [5.74, 6) is -3.27. The Hall–Kier alpha value is -3.58. The molecule has 0 saturated carbocycles. The molecule has 2 amide bonds. The zero-order valence-electron chi connectivity index (χ0n) is 19.4. The van der Waals surface area contributed by atoms with Crippen molar-refractivity contribution in [2.45, 2.75) is 25.7 Å². The number of Topliss-reactive ketones (excluding diaryl/α,β-unsaturated/α-hetero) is 1. The lowest BCUT2D eigenvalue weighted by atomic mass is 9.59. The predicted octanol–water partition coefficient (Wildman–Crippen LogP) is 4.79. The van der Waals surface area contributed by atoms with Gasteiger partial charge in [-0.3, -0.25) is 24.1 Å². The van der Waals surface area contributed by atoms with Crippen LogP contribution in [0, 0.1) is 17.8 Å². The van der Waals surface area contributed by atoms with Crippen LogP contribution in [-0.4, -0.2) is 28.5 Å². The van der Waals surface area contributed by atoms with Gasteiger partial charge in [0.15, 0.2) is 11.6 Å². The summed E-state index contributed by atoms with van der Waals surface area (Å²) in [6.45, 7) is 1.62. The molecule has 4 unspecified atom stereocenters. The Kier molecular flexibility index (Phi) is 5.23. The number of para-hydroxylation sites is 1. The number of allylic oxidation sites excluding steroid dienone is 6. The maximum Gasteiger partial charge on any atom is 0.238 e. The molecule has 6 nitrogen and oxygen atoms in total. The first kappa shape index (κ1) is 22.9. The first-order valence-electron chi connectivity index (χ1n) is 11.9. The summed E-state index contributed by atoms with van der Waals surface area (Å²) in [7, 11) is 0. The van der Waals surface area contributed by atoms with Crippen molar-refractivity contribution in [3.8, 4) is 5.75 Å². The van der Waals surface area contributed by atoms with Crippen molar-refractivity contribution < 1.29 is 24.3 Å². The number of ketones is 2. The minimum atomic E-state index is -0.675. The number of fused-ring (bicyclic) bond motifs is 3. The van der Waals surface area contributed by atoms with E-state index in [-0.39, 0.29) is 35.6 Å². The van der Waals surface area contributed by atoms with E-state index < -0.39 is 23.7 Å². The van der Waals surface area contributed by atoms with Crippen LogP contribution in [0.25, 0.3) is 0 Å². The number of carbonyl (C=O) groups is 4. The Morgan fingerprint density at radius 1 is 0.972 bits per heavy atom. The normalized spacial score (nSPS) is 27.4. The number of imide groups is 1. The zero-order chi connectivity index (χ0) is 25.3. The second kappa shape index (κ2) is 8.23. The fraction of sp³-hybridized carbons (Fsp3) is 0.241. The van der Waals surface area contributed by atoms with E-state index in [1.165, 1.54) is 11.0 Å². The highest BCUT2D eigenvalue weighted by atomic mass is 79.9. The summed E-state index contributed by atoms with van der Waals surface area (Å²) in [5, 5.41) is 10.8. The highest BCUT2D eigenvalue weighted by Crippen LogP contribution is 2.56. The van der Waals surface area contributed by atoms with E-state index in [2.05, 4.69) is 15.9 Å². The molecular weight excluding hydrogens is 522 g/mol. The number of nitrogens with zero attached hydrogens (tertiary/aromatic N) is 1. The summed E-state index contributed by atoms with van der Waals surface area (Å²) in [6, 6.07) is 13.9. The van der Waals surface area contributed by atoms with Crippen LogP contribution in [0.1, 0.15) is 31.2 Å². The van der Waals surface area contributed by atoms with E-state index in [1.807, 2.05) is 12.1 Å². The van der Waals surface area contributed by atoms with E-state index in [1.54, 1.807) is 49.4 Å². The lowest BCUT2D eigenvalue weighted by Crippen LogP contribution is -2.39. The molecule has 180 valence electrons. The minimum Gasteiger partial charge on any atom is -0.508 e. The van der Waals surface area contributed by atoms with Crippen LogP contribution in [0.3, 0.4) is 0 Å². The van der Waals surface area contributed by atoms with Gasteiger partial charge in [0, 0.05) is 32.7 Å². The summed E-state index contributed by atoms with van der Waals surface area (Å²) in [5.41, 5.74) is 2.94. The van der Waals surface area contributed by atoms with E-state index in [0.29, 0.717) is 34.4 Å². The Labute approximate surface area is 216 Å². The molecule has 1 aliphatic heterocycles. The van der Waals surface area contributed by atoms with Gasteiger partial charge in [0.25, 0.3) is 0 Å². The molecule has 1 saturated heterocycles. The molecule has 0 aromatic heterocycles. The third-order valence-electron chi connectivity index (χ3n) is 7.88. The highest BCUT2D eigenvalue weighted by Gasteiger charge is 2.56. The zero-order valence-corrected chi connectivity index (χ0v) is 21.0. The Balaban J connectivity index is 1.52. The van der Waals surface area contributed by atoms with Gasteiger partial charge >= 0.3 is 0 Å². The third kappa shape index (κ3) is 3.22. The fourth-order valence-electron chi connectivity index (χ4n) is 6.30. The number of amides is 2. The van der Waals surface area contributed by atoms with E-state index in [0.717, 1.165) is 10.0 Å². The number of hydrogen-bond donors (Lipinski definition) is 1. The Morgan fingerprint density at radius 3 is 2.47 bits per heavy atom. The maximum absolute atomic E-state index is 13.8. The Morgan fingerprint density at radius 2 is 1.72 bits per heavy atom. The van der Waals surface area contributed by atoms with Gasteiger partial charge in [0.1, 0.15) is 5.75 Å². The molecule has 0 spiro atoms. The monoisotopic (exact) mass is 543 g/mol. The van der Waals surface area contributed by atoms with Crippen molar-refractivity contribution in [3.05, 3.63) is 93.0 Å². The number of carbonyl (C=O) groups excluding carboxylic acids is 4. The third-order valence-corrected chi connectivity index (χ3v) is 8.37. The van der Waals surface area contributed by atoms with Crippen molar-refractivity contribution >= 4 is 45.0 Å². The predicted molar refractivity (Wildman–Crippen MR) is 136 cm³/mol. The largest absolute Gasteiger partial charge is 0.508 e. The number of phenolic OH excluding ortho intramolecular Hbond substituents is 1. The number of halogens is 1. The van der Waals surface area contributed by atoms with Gasteiger partial charge in [-0.25, -0.2) is 0 Å². The van der Waals surface area contributed by atoms with Crippen molar-refractivity contribution in [1.29, 1.82) is 0 Å².